The summed E-state index contributed by atoms with van der Waals surface area (Å²) in [5, 5.41) is 5.06. The fraction of sp³-hybridized carbons (Fsp3) is 0.533. The summed E-state index contributed by atoms with van der Waals surface area (Å²) in [7, 11) is 0. The van der Waals surface area contributed by atoms with E-state index in [1.54, 1.807) is 0 Å². The molecule has 2 unspecified atom stereocenters. The van der Waals surface area contributed by atoms with Crippen LogP contribution in [0.4, 0.5) is 0 Å². The molecule has 1 aromatic rings. The van der Waals surface area contributed by atoms with E-state index in [0.717, 1.165) is 17.8 Å². The molecule has 2 atom stereocenters. The van der Waals surface area contributed by atoms with Gasteiger partial charge in [0, 0.05) is 24.0 Å². The van der Waals surface area contributed by atoms with Crippen molar-refractivity contribution in [3.8, 4) is 11.8 Å². The number of carbonyl (C=O) groups excluding carboxylic acids is 1. The molecule has 1 aromatic heterocycles. The molecule has 4 nitrogen and oxygen atoms in total. The maximum Gasteiger partial charge on any atom is 0.252 e. The largest absolute Gasteiger partial charge is 0.348 e. The van der Waals surface area contributed by atoms with E-state index in [9.17, 15) is 4.79 Å². The van der Waals surface area contributed by atoms with Gasteiger partial charge < -0.3 is 11.1 Å². The minimum absolute atomic E-state index is 0.0285. The van der Waals surface area contributed by atoms with Gasteiger partial charge in [-0.15, -0.1) is 11.3 Å². The topological polar surface area (TPSA) is 58.4 Å². The molecule has 2 fully saturated rings. The SMILES string of the molecule is NCC#Cc1cc(C(=O)NC2CCN3CCCC23)cs1. The fourth-order valence-electron chi connectivity index (χ4n) is 3.16. The molecule has 3 heterocycles. The van der Waals surface area contributed by atoms with Crippen molar-refractivity contribution >= 4 is 17.2 Å². The summed E-state index contributed by atoms with van der Waals surface area (Å²) >= 11 is 1.49. The highest BCUT2D eigenvalue weighted by atomic mass is 32.1. The van der Waals surface area contributed by atoms with Crippen LogP contribution in [0.15, 0.2) is 11.4 Å². The van der Waals surface area contributed by atoms with Crippen molar-refractivity contribution in [1.29, 1.82) is 0 Å². The number of nitrogens with zero attached hydrogens (tertiary/aromatic N) is 1. The molecule has 0 spiro atoms. The minimum atomic E-state index is 0.0285. The predicted molar refractivity (Wildman–Crippen MR) is 80.7 cm³/mol. The van der Waals surface area contributed by atoms with Gasteiger partial charge in [-0.1, -0.05) is 11.8 Å². The second-order valence-electron chi connectivity index (χ2n) is 5.32. The summed E-state index contributed by atoms with van der Waals surface area (Å²) < 4.78 is 0. The lowest BCUT2D eigenvalue weighted by molar-refractivity contribution is 0.0930. The van der Waals surface area contributed by atoms with Gasteiger partial charge in [-0.05, 0) is 31.9 Å². The smallest absolute Gasteiger partial charge is 0.252 e. The van der Waals surface area contributed by atoms with Gasteiger partial charge >= 0.3 is 0 Å². The van der Waals surface area contributed by atoms with Crippen LogP contribution in [0.2, 0.25) is 0 Å². The van der Waals surface area contributed by atoms with Crippen molar-refractivity contribution in [2.24, 2.45) is 5.73 Å². The molecule has 0 bridgehead atoms. The average molecular weight is 289 g/mol. The summed E-state index contributed by atoms with van der Waals surface area (Å²) in [5.41, 5.74) is 6.06. The molecule has 3 N–H and O–H groups in total. The average Bonchev–Trinajstić information content (AvgIpc) is 3.14. The Morgan fingerprint density at radius 3 is 3.25 bits per heavy atom. The molecule has 0 radical (unpaired) electrons. The van der Waals surface area contributed by atoms with Crippen LogP contribution in [-0.2, 0) is 0 Å². The lowest BCUT2D eigenvalue weighted by Crippen LogP contribution is -2.42. The highest BCUT2D eigenvalue weighted by molar-refractivity contribution is 7.10. The van der Waals surface area contributed by atoms with Crippen LogP contribution in [0.5, 0.6) is 0 Å². The van der Waals surface area contributed by atoms with Crippen molar-refractivity contribution in [2.75, 3.05) is 19.6 Å². The number of hydrogen-bond acceptors (Lipinski definition) is 4. The third-order valence-electron chi connectivity index (χ3n) is 4.10. The molecule has 5 heteroatoms. The molecule has 106 valence electrons. The highest BCUT2D eigenvalue weighted by Crippen LogP contribution is 2.28. The van der Waals surface area contributed by atoms with Crippen molar-refractivity contribution in [1.82, 2.24) is 10.2 Å². The predicted octanol–water partition coefficient (Wildman–Crippen LogP) is 1.02. The molecule has 2 saturated heterocycles. The maximum absolute atomic E-state index is 12.3. The van der Waals surface area contributed by atoms with Crippen molar-refractivity contribution in [3.63, 3.8) is 0 Å². The first-order valence-corrected chi connectivity index (χ1v) is 7.98. The van der Waals surface area contributed by atoms with E-state index >= 15 is 0 Å². The number of nitrogens with two attached hydrogens (primary N) is 1. The second-order valence-corrected chi connectivity index (χ2v) is 6.23. The number of rotatable bonds is 2. The third-order valence-corrected chi connectivity index (χ3v) is 4.94. The Hall–Kier alpha value is -1.35. The molecule has 3 rings (SSSR count). The summed E-state index contributed by atoms with van der Waals surface area (Å²) in [6.07, 6.45) is 3.54. The number of amides is 1. The Morgan fingerprint density at radius 2 is 2.40 bits per heavy atom. The standard InChI is InChI=1S/C15H19N3OS/c16-6-1-3-12-9-11(10-20-12)15(19)17-13-5-8-18-7-2-4-14(13)18/h9-10,13-14H,2,4-8,16H2,(H,17,19). The van der Waals surface area contributed by atoms with Gasteiger partial charge in [0.15, 0.2) is 0 Å². The molecule has 2 aliphatic rings. The minimum Gasteiger partial charge on any atom is -0.348 e. The van der Waals surface area contributed by atoms with Crippen LogP contribution >= 0.6 is 11.3 Å². The van der Waals surface area contributed by atoms with Gasteiger partial charge in [0.2, 0.25) is 0 Å². The number of carbonyl (C=O) groups is 1. The zero-order valence-corrected chi connectivity index (χ0v) is 12.2. The van der Waals surface area contributed by atoms with E-state index < -0.39 is 0 Å². The quantitative estimate of drug-likeness (QED) is 0.799. The zero-order chi connectivity index (χ0) is 13.9. The Balaban J connectivity index is 1.63. The lowest BCUT2D eigenvalue weighted by Gasteiger charge is -2.20. The fourth-order valence-corrected chi connectivity index (χ4v) is 3.92. The molecule has 0 aliphatic carbocycles. The zero-order valence-electron chi connectivity index (χ0n) is 11.4. The van der Waals surface area contributed by atoms with E-state index in [-0.39, 0.29) is 5.91 Å². The highest BCUT2D eigenvalue weighted by Gasteiger charge is 2.37. The maximum atomic E-state index is 12.3. The van der Waals surface area contributed by atoms with Gasteiger partial charge in [-0.25, -0.2) is 0 Å². The van der Waals surface area contributed by atoms with E-state index in [0.29, 0.717) is 24.2 Å². The van der Waals surface area contributed by atoms with Gasteiger partial charge in [0.1, 0.15) is 0 Å². The van der Waals surface area contributed by atoms with E-state index in [2.05, 4.69) is 22.1 Å². The van der Waals surface area contributed by atoms with Gasteiger partial charge in [-0.3, -0.25) is 9.69 Å². The van der Waals surface area contributed by atoms with E-state index in [1.165, 1.54) is 30.7 Å². The van der Waals surface area contributed by atoms with Crippen LogP contribution < -0.4 is 11.1 Å². The van der Waals surface area contributed by atoms with E-state index in [1.807, 2.05) is 11.4 Å². The van der Waals surface area contributed by atoms with Crippen molar-refractivity contribution < 1.29 is 4.79 Å². The number of nitrogens with one attached hydrogen (secondary N) is 1. The summed E-state index contributed by atoms with van der Waals surface area (Å²) in [5.74, 6) is 5.80. The third kappa shape index (κ3) is 2.73. The monoisotopic (exact) mass is 289 g/mol. The van der Waals surface area contributed by atoms with Crippen LogP contribution in [0.25, 0.3) is 0 Å². The first kappa shape index (κ1) is 13.6. The molecule has 20 heavy (non-hydrogen) atoms. The van der Waals surface area contributed by atoms with Crippen LogP contribution in [0.1, 0.15) is 34.5 Å². The van der Waals surface area contributed by atoms with Crippen LogP contribution in [0, 0.1) is 11.8 Å². The van der Waals surface area contributed by atoms with E-state index in [4.69, 9.17) is 5.73 Å². The summed E-state index contributed by atoms with van der Waals surface area (Å²) in [4.78, 5) is 15.7. The van der Waals surface area contributed by atoms with Crippen molar-refractivity contribution in [2.45, 2.75) is 31.3 Å². The van der Waals surface area contributed by atoms with Gasteiger partial charge in [0.25, 0.3) is 5.91 Å². The van der Waals surface area contributed by atoms with Crippen molar-refractivity contribution in [3.05, 3.63) is 21.9 Å². The molecule has 2 aliphatic heterocycles. The molecule has 0 aromatic carbocycles. The summed E-state index contributed by atoms with van der Waals surface area (Å²) in [6, 6.07) is 2.71. The number of thiophene rings is 1. The normalized spacial score (nSPS) is 25.1. The van der Waals surface area contributed by atoms with Gasteiger partial charge in [0.05, 0.1) is 17.0 Å². The van der Waals surface area contributed by atoms with Crippen LogP contribution in [0.3, 0.4) is 0 Å². The number of fused-ring (bicyclic) bond motifs is 1. The first-order valence-electron chi connectivity index (χ1n) is 7.10. The molecule has 0 saturated carbocycles. The Bertz CT molecular complexity index is 557. The second kappa shape index (κ2) is 5.96. The van der Waals surface area contributed by atoms with Crippen LogP contribution in [-0.4, -0.2) is 42.5 Å². The Morgan fingerprint density at radius 1 is 1.50 bits per heavy atom. The number of hydrogen-bond donors (Lipinski definition) is 2. The molecular weight excluding hydrogens is 270 g/mol. The van der Waals surface area contributed by atoms with Gasteiger partial charge in [-0.2, -0.15) is 0 Å². The lowest BCUT2D eigenvalue weighted by atomic mass is 10.1. The summed E-state index contributed by atoms with van der Waals surface area (Å²) in [6.45, 7) is 2.65. The Kier molecular flexibility index (Phi) is 4.06. The first-order chi connectivity index (χ1) is 9.78. The Labute approximate surface area is 123 Å². The molecule has 1 amide bonds. The molecular formula is C15H19N3OS.